The van der Waals surface area contributed by atoms with Gasteiger partial charge in [-0.3, -0.25) is 0 Å². The summed E-state index contributed by atoms with van der Waals surface area (Å²) in [6.45, 7) is 7.58. The number of piperidine rings is 1. The Kier molecular flexibility index (Phi) is 7.54. The van der Waals surface area contributed by atoms with Gasteiger partial charge in [-0.05, 0) is 70.1 Å². The molecule has 1 saturated heterocycles. The van der Waals surface area contributed by atoms with E-state index in [9.17, 15) is 0 Å². The molecule has 0 saturated carbocycles. The van der Waals surface area contributed by atoms with Crippen LogP contribution in [0, 0.1) is 0 Å². The summed E-state index contributed by atoms with van der Waals surface area (Å²) in [7, 11) is 0. The maximum atomic E-state index is 5.68. The van der Waals surface area contributed by atoms with E-state index in [1.54, 1.807) is 0 Å². The van der Waals surface area contributed by atoms with E-state index < -0.39 is 0 Å². The molecule has 0 bridgehead atoms. The van der Waals surface area contributed by atoms with Crippen molar-refractivity contribution in [3.63, 3.8) is 0 Å². The number of rotatable bonds is 8. The molecule has 1 aromatic rings. The number of nitrogens with one attached hydrogen (secondary N) is 1. The molecule has 1 N–H and O–H groups in total. The predicted molar refractivity (Wildman–Crippen MR) is 92.0 cm³/mol. The Labute approximate surface area is 137 Å². The zero-order valence-corrected chi connectivity index (χ0v) is 14.6. The predicted octanol–water partition coefficient (Wildman–Crippen LogP) is 3.68. The second kappa shape index (κ2) is 9.44. The molecule has 118 valence electrons. The highest BCUT2D eigenvalue weighted by Crippen LogP contribution is 2.16. The molecule has 0 spiro atoms. The second-order valence-electron chi connectivity index (χ2n) is 5.79. The summed E-state index contributed by atoms with van der Waals surface area (Å²) >= 11 is 3.42. The molecule has 1 heterocycles. The van der Waals surface area contributed by atoms with E-state index in [-0.39, 0.29) is 0 Å². The molecule has 4 heteroatoms. The first-order chi connectivity index (χ1) is 10.3. The molecule has 1 aliphatic heterocycles. The Balaban J connectivity index is 1.47. The van der Waals surface area contributed by atoms with Gasteiger partial charge in [0.2, 0.25) is 0 Å². The van der Waals surface area contributed by atoms with Crippen molar-refractivity contribution >= 4 is 15.9 Å². The number of hydrogen-bond acceptors (Lipinski definition) is 3. The first kappa shape index (κ1) is 16.8. The van der Waals surface area contributed by atoms with Gasteiger partial charge in [-0.2, -0.15) is 0 Å². The SMILES string of the molecule is CC1CCCCN1CCCNCCOc1ccc(Br)cc1. The highest BCUT2D eigenvalue weighted by atomic mass is 79.9. The summed E-state index contributed by atoms with van der Waals surface area (Å²) in [6, 6.07) is 8.76. The summed E-state index contributed by atoms with van der Waals surface area (Å²) in [5, 5.41) is 3.46. The lowest BCUT2D eigenvalue weighted by Gasteiger charge is -2.33. The number of likely N-dealkylation sites (tertiary alicyclic amines) is 1. The zero-order chi connectivity index (χ0) is 14.9. The van der Waals surface area contributed by atoms with E-state index in [0.717, 1.165) is 36.0 Å². The topological polar surface area (TPSA) is 24.5 Å². The number of halogens is 1. The molecule has 0 amide bonds. The molecule has 1 aliphatic rings. The molecule has 1 aromatic carbocycles. The number of benzene rings is 1. The maximum absolute atomic E-state index is 5.68. The largest absolute Gasteiger partial charge is 0.492 e. The molecular formula is C17H27BrN2O. The first-order valence-electron chi connectivity index (χ1n) is 8.09. The smallest absolute Gasteiger partial charge is 0.119 e. The van der Waals surface area contributed by atoms with Crippen LogP contribution in [0.1, 0.15) is 32.6 Å². The highest BCUT2D eigenvalue weighted by Gasteiger charge is 2.16. The summed E-state index contributed by atoms with van der Waals surface area (Å²) < 4.78 is 6.76. The van der Waals surface area contributed by atoms with Crippen molar-refractivity contribution in [3.8, 4) is 5.75 Å². The van der Waals surface area contributed by atoms with Crippen molar-refractivity contribution in [1.29, 1.82) is 0 Å². The third kappa shape index (κ3) is 6.37. The number of hydrogen-bond donors (Lipinski definition) is 1. The van der Waals surface area contributed by atoms with Crippen LogP contribution in [0.5, 0.6) is 5.75 Å². The van der Waals surface area contributed by atoms with Crippen LogP contribution >= 0.6 is 15.9 Å². The van der Waals surface area contributed by atoms with Gasteiger partial charge >= 0.3 is 0 Å². The van der Waals surface area contributed by atoms with E-state index in [1.807, 2.05) is 24.3 Å². The molecule has 1 fully saturated rings. The van der Waals surface area contributed by atoms with Crippen LogP contribution in [0.4, 0.5) is 0 Å². The fraction of sp³-hybridized carbons (Fsp3) is 0.647. The summed E-state index contributed by atoms with van der Waals surface area (Å²) in [6.07, 6.45) is 5.37. The van der Waals surface area contributed by atoms with Crippen LogP contribution in [0.2, 0.25) is 0 Å². The summed E-state index contributed by atoms with van der Waals surface area (Å²) in [5.74, 6) is 0.933. The Morgan fingerprint density at radius 2 is 2.05 bits per heavy atom. The monoisotopic (exact) mass is 354 g/mol. The highest BCUT2D eigenvalue weighted by molar-refractivity contribution is 9.10. The van der Waals surface area contributed by atoms with Crippen LogP contribution in [-0.4, -0.2) is 43.7 Å². The molecule has 21 heavy (non-hydrogen) atoms. The average Bonchev–Trinajstić information content (AvgIpc) is 2.50. The van der Waals surface area contributed by atoms with Crippen molar-refractivity contribution < 1.29 is 4.74 Å². The lowest BCUT2D eigenvalue weighted by atomic mass is 10.0. The van der Waals surface area contributed by atoms with Gasteiger partial charge in [0.25, 0.3) is 0 Å². The van der Waals surface area contributed by atoms with Crippen LogP contribution in [-0.2, 0) is 0 Å². The molecular weight excluding hydrogens is 328 g/mol. The second-order valence-corrected chi connectivity index (χ2v) is 6.70. The van der Waals surface area contributed by atoms with E-state index >= 15 is 0 Å². The Morgan fingerprint density at radius 3 is 2.81 bits per heavy atom. The fourth-order valence-electron chi connectivity index (χ4n) is 2.79. The molecule has 1 unspecified atom stereocenters. The molecule has 0 radical (unpaired) electrons. The molecule has 0 aliphatic carbocycles. The van der Waals surface area contributed by atoms with Crippen molar-refractivity contribution in [2.24, 2.45) is 0 Å². The molecule has 3 nitrogen and oxygen atoms in total. The van der Waals surface area contributed by atoms with Crippen molar-refractivity contribution in [2.45, 2.75) is 38.6 Å². The Bertz CT molecular complexity index is 396. The summed E-state index contributed by atoms with van der Waals surface area (Å²) in [4.78, 5) is 2.63. The minimum absolute atomic E-state index is 0.724. The van der Waals surface area contributed by atoms with Gasteiger partial charge in [0, 0.05) is 17.1 Å². The van der Waals surface area contributed by atoms with Gasteiger partial charge < -0.3 is 15.0 Å². The molecule has 2 rings (SSSR count). The third-order valence-electron chi connectivity index (χ3n) is 4.10. The summed E-state index contributed by atoms with van der Waals surface area (Å²) in [5.41, 5.74) is 0. The molecule has 1 atom stereocenters. The van der Waals surface area contributed by atoms with Gasteiger partial charge in [0.1, 0.15) is 12.4 Å². The molecule has 0 aromatic heterocycles. The average molecular weight is 355 g/mol. The minimum Gasteiger partial charge on any atom is -0.492 e. The Hall–Kier alpha value is -0.580. The van der Waals surface area contributed by atoms with Crippen molar-refractivity contribution in [1.82, 2.24) is 10.2 Å². The van der Waals surface area contributed by atoms with Gasteiger partial charge in [-0.1, -0.05) is 22.4 Å². The van der Waals surface area contributed by atoms with E-state index in [0.29, 0.717) is 0 Å². The van der Waals surface area contributed by atoms with Crippen LogP contribution < -0.4 is 10.1 Å². The van der Waals surface area contributed by atoms with Gasteiger partial charge in [0.15, 0.2) is 0 Å². The number of ether oxygens (including phenoxy) is 1. The lowest BCUT2D eigenvalue weighted by Crippen LogP contribution is -2.39. The standard InChI is InChI=1S/C17H27BrN2O/c1-15-5-2-3-12-20(15)13-4-10-19-11-14-21-17-8-6-16(18)7-9-17/h6-9,15,19H,2-5,10-14H2,1H3. The van der Waals surface area contributed by atoms with Gasteiger partial charge in [-0.15, -0.1) is 0 Å². The minimum atomic E-state index is 0.724. The van der Waals surface area contributed by atoms with Crippen LogP contribution in [0.25, 0.3) is 0 Å². The van der Waals surface area contributed by atoms with E-state index in [1.165, 1.54) is 38.8 Å². The Morgan fingerprint density at radius 1 is 1.24 bits per heavy atom. The van der Waals surface area contributed by atoms with Gasteiger partial charge in [-0.25, -0.2) is 0 Å². The van der Waals surface area contributed by atoms with Gasteiger partial charge in [0.05, 0.1) is 0 Å². The third-order valence-corrected chi connectivity index (χ3v) is 4.63. The van der Waals surface area contributed by atoms with Crippen molar-refractivity contribution in [3.05, 3.63) is 28.7 Å². The van der Waals surface area contributed by atoms with E-state index in [2.05, 4.69) is 33.1 Å². The van der Waals surface area contributed by atoms with Crippen molar-refractivity contribution in [2.75, 3.05) is 32.8 Å². The quantitative estimate of drug-likeness (QED) is 0.720. The number of nitrogens with zero attached hydrogens (tertiary/aromatic N) is 1. The van der Waals surface area contributed by atoms with E-state index in [4.69, 9.17) is 4.74 Å². The van der Waals surface area contributed by atoms with Crippen LogP contribution in [0.3, 0.4) is 0 Å². The zero-order valence-electron chi connectivity index (χ0n) is 13.0. The first-order valence-corrected chi connectivity index (χ1v) is 8.88. The lowest BCUT2D eigenvalue weighted by molar-refractivity contribution is 0.158. The fourth-order valence-corrected chi connectivity index (χ4v) is 3.06. The van der Waals surface area contributed by atoms with Crippen LogP contribution in [0.15, 0.2) is 28.7 Å². The normalized spacial score (nSPS) is 19.6. The maximum Gasteiger partial charge on any atom is 0.119 e.